The van der Waals surface area contributed by atoms with E-state index < -0.39 is 11.7 Å². The van der Waals surface area contributed by atoms with E-state index in [4.69, 9.17) is 0 Å². The van der Waals surface area contributed by atoms with E-state index in [-0.39, 0.29) is 0 Å². The number of rotatable bonds is 2. The highest BCUT2D eigenvalue weighted by Crippen LogP contribution is 2.31. The highest BCUT2D eigenvalue weighted by atomic mass is 19.4. The second-order valence-electron chi connectivity index (χ2n) is 4.94. The molecule has 0 bridgehead atoms. The first-order chi connectivity index (χ1) is 10.4. The van der Waals surface area contributed by atoms with Crippen LogP contribution in [0.15, 0.2) is 42.5 Å². The fourth-order valence-corrected chi connectivity index (χ4v) is 2.37. The third kappa shape index (κ3) is 2.36. The van der Waals surface area contributed by atoms with Crippen molar-refractivity contribution in [2.45, 2.75) is 13.1 Å². The summed E-state index contributed by atoms with van der Waals surface area (Å²) < 4.78 is 40.0. The highest BCUT2D eigenvalue weighted by Gasteiger charge is 2.30. The summed E-state index contributed by atoms with van der Waals surface area (Å²) in [6, 6.07) is 9.95. The molecule has 2 aromatic carbocycles. The van der Waals surface area contributed by atoms with Crippen LogP contribution in [0.2, 0.25) is 0 Å². The Hall–Kier alpha value is -2.63. The summed E-state index contributed by atoms with van der Waals surface area (Å²) in [5.41, 5.74) is 1.40. The van der Waals surface area contributed by atoms with Crippen LogP contribution in [-0.2, 0) is 6.18 Å². The van der Waals surface area contributed by atoms with Gasteiger partial charge in [0.2, 0.25) is 0 Å². The van der Waals surface area contributed by atoms with Crippen molar-refractivity contribution < 1.29 is 18.0 Å². The van der Waals surface area contributed by atoms with Crippen molar-refractivity contribution in [1.29, 1.82) is 0 Å². The van der Waals surface area contributed by atoms with E-state index in [0.29, 0.717) is 22.5 Å². The number of nitrogens with zero attached hydrogens (tertiary/aromatic N) is 2. The molecule has 3 rings (SSSR count). The lowest BCUT2D eigenvalue weighted by atomic mass is 10.1. The molecule has 0 saturated carbocycles. The fraction of sp³-hybridized carbons (Fsp3) is 0.125. The Kier molecular flexibility index (Phi) is 3.24. The minimum atomic E-state index is -4.40. The molecular weight excluding hydrogens is 293 g/mol. The van der Waals surface area contributed by atoms with E-state index in [2.05, 4.69) is 5.10 Å². The number of fused-ring (bicyclic) bond motifs is 1. The van der Waals surface area contributed by atoms with Crippen LogP contribution in [0.1, 0.15) is 21.6 Å². The topological polar surface area (TPSA) is 34.9 Å². The molecule has 3 nitrogen and oxygen atoms in total. The zero-order valence-corrected chi connectivity index (χ0v) is 11.6. The molecule has 0 radical (unpaired) electrons. The number of alkyl halides is 3. The number of hydrogen-bond acceptors (Lipinski definition) is 2. The standard InChI is InChI=1S/C16H11F3N2O/c1-10-14-7-11(9-22)5-6-15(14)21(20-10)13-4-2-3-12(8-13)16(17,18)19/h2-9H,1H3. The van der Waals surface area contributed by atoms with Crippen LogP contribution in [-0.4, -0.2) is 16.1 Å². The lowest BCUT2D eigenvalue weighted by Gasteiger charge is -2.09. The number of carbonyl (C=O) groups excluding carboxylic acids is 1. The van der Waals surface area contributed by atoms with Gasteiger partial charge < -0.3 is 0 Å². The van der Waals surface area contributed by atoms with Gasteiger partial charge in [-0.15, -0.1) is 0 Å². The molecule has 0 unspecified atom stereocenters. The van der Waals surface area contributed by atoms with E-state index in [1.807, 2.05) is 0 Å². The van der Waals surface area contributed by atoms with Gasteiger partial charge in [-0.3, -0.25) is 4.79 Å². The molecule has 0 fully saturated rings. The van der Waals surface area contributed by atoms with Gasteiger partial charge in [0.1, 0.15) is 6.29 Å². The fourth-order valence-electron chi connectivity index (χ4n) is 2.37. The Labute approximate surface area is 124 Å². The van der Waals surface area contributed by atoms with Crippen molar-refractivity contribution in [2.75, 3.05) is 0 Å². The predicted molar refractivity (Wildman–Crippen MR) is 76.2 cm³/mol. The van der Waals surface area contributed by atoms with Crippen molar-refractivity contribution in [3.63, 3.8) is 0 Å². The van der Waals surface area contributed by atoms with Gasteiger partial charge in [-0.05, 0) is 43.3 Å². The molecule has 0 aliphatic carbocycles. The second kappa shape index (κ2) is 4.98. The van der Waals surface area contributed by atoms with Gasteiger partial charge >= 0.3 is 6.18 Å². The molecule has 22 heavy (non-hydrogen) atoms. The highest BCUT2D eigenvalue weighted by molar-refractivity contribution is 5.89. The first-order valence-corrected chi connectivity index (χ1v) is 6.52. The molecule has 1 aromatic heterocycles. The average molecular weight is 304 g/mol. The number of aryl methyl sites for hydroxylation is 1. The Morgan fingerprint density at radius 2 is 1.91 bits per heavy atom. The van der Waals surface area contributed by atoms with Gasteiger partial charge in [-0.25, -0.2) is 4.68 Å². The van der Waals surface area contributed by atoms with Crippen molar-refractivity contribution in [2.24, 2.45) is 0 Å². The molecule has 0 aliphatic rings. The Balaban J connectivity index is 2.21. The normalized spacial score (nSPS) is 11.8. The Morgan fingerprint density at radius 3 is 2.59 bits per heavy atom. The zero-order chi connectivity index (χ0) is 15.9. The molecule has 0 amide bonds. The molecule has 6 heteroatoms. The second-order valence-corrected chi connectivity index (χ2v) is 4.94. The third-order valence-electron chi connectivity index (χ3n) is 3.44. The number of aldehydes is 1. The maximum absolute atomic E-state index is 12.8. The van der Waals surface area contributed by atoms with Gasteiger partial charge in [0.25, 0.3) is 0 Å². The van der Waals surface area contributed by atoms with Crippen molar-refractivity contribution in [1.82, 2.24) is 9.78 Å². The Morgan fingerprint density at radius 1 is 1.14 bits per heavy atom. The van der Waals surface area contributed by atoms with Gasteiger partial charge in [0.05, 0.1) is 22.5 Å². The number of hydrogen-bond donors (Lipinski definition) is 0. The van der Waals surface area contributed by atoms with E-state index >= 15 is 0 Å². The maximum Gasteiger partial charge on any atom is 0.416 e. The summed E-state index contributed by atoms with van der Waals surface area (Å²) in [5, 5.41) is 5.03. The molecule has 112 valence electrons. The molecule has 0 aliphatic heterocycles. The lowest BCUT2D eigenvalue weighted by Crippen LogP contribution is -2.06. The lowest BCUT2D eigenvalue weighted by molar-refractivity contribution is -0.137. The van der Waals surface area contributed by atoms with Crippen molar-refractivity contribution >= 4 is 17.2 Å². The van der Waals surface area contributed by atoms with Gasteiger partial charge in [0, 0.05) is 10.9 Å². The van der Waals surface area contributed by atoms with Crippen LogP contribution in [0.5, 0.6) is 0 Å². The summed E-state index contributed by atoms with van der Waals surface area (Å²) in [7, 11) is 0. The van der Waals surface area contributed by atoms with Crippen LogP contribution in [0.4, 0.5) is 13.2 Å². The molecule has 0 spiro atoms. The molecule has 0 N–H and O–H groups in total. The minimum absolute atomic E-state index is 0.326. The molecule has 1 heterocycles. The maximum atomic E-state index is 12.8. The summed E-state index contributed by atoms with van der Waals surface area (Å²) in [5.74, 6) is 0. The molecule has 0 saturated heterocycles. The van der Waals surface area contributed by atoms with E-state index in [9.17, 15) is 18.0 Å². The van der Waals surface area contributed by atoms with Crippen LogP contribution in [0.25, 0.3) is 16.6 Å². The molecular formula is C16H11F3N2O. The summed E-state index contributed by atoms with van der Waals surface area (Å²) in [4.78, 5) is 10.8. The van der Waals surface area contributed by atoms with Crippen LogP contribution in [0, 0.1) is 6.92 Å². The van der Waals surface area contributed by atoms with Crippen LogP contribution in [0.3, 0.4) is 0 Å². The number of halogens is 3. The average Bonchev–Trinajstić information content (AvgIpc) is 2.83. The molecule has 0 atom stereocenters. The van der Waals surface area contributed by atoms with Gasteiger partial charge in [-0.1, -0.05) is 6.07 Å². The first kappa shape index (κ1) is 14.3. The van der Waals surface area contributed by atoms with E-state index in [0.717, 1.165) is 23.8 Å². The first-order valence-electron chi connectivity index (χ1n) is 6.52. The quantitative estimate of drug-likeness (QED) is 0.666. The smallest absolute Gasteiger partial charge is 0.298 e. The minimum Gasteiger partial charge on any atom is -0.298 e. The SMILES string of the molecule is Cc1nn(-c2cccc(C(F)(F)F)c2)c2ccc(C=O)cc12. The van der Waals surface area contributed by atoms with Gasteiger partial charge in [-0.2, -0.15) is 18.3 Å². The van der Waals surface area contributed by atoms with Crippen molar-refractivity contribution in [3.8, 4) is 5.69 Å². The largest absolute Gasteiger partial charge is 0.416 e. The molecule has 3 aromatic rings. The summed E-state index contributed by atoms with van der Waals surface area (Å²) in [6.45, 7) is 1.75. The number of benzene rings is 2. The van der Waals surface area contributed by atoms with Crippen molar-refractivity contribution in [3.05, 3.63) is 59.3 Å². The Bertz CT molecular complexity index is 865. The zero-order valence-electron chi connectivity index (χ0n) is 11.6. The van der Waals surface area contributed by atoms with Crippen LogP contribution >= 0.6 is 0 Å². The monoisotopic (exact) mass is 304 g/mol. The summed E-state index contributed by atoms with van der Waals surface area (Å²) in [6.07, 6.45) is -3.68. The van der Waals surface area contributed by atoms with Crippen LogP contribution < -0.4 is 0 Å². The van der Waals surface area contributed by atoms with E-state index in [1.165, 1.54) is 10.7 Å². The predicted octanol–water partition coefficient (Wildman–Crippen LogP) is 4.17. The summed E-state index contributed by atoms with van der Waals surface area (Å²) >= 11 is 0. The third-order valence-corrected chi connectivity index (χ3v) is 3.44. The number of carbonyl (C=O) groups is 1. The van der Waals surface area contributed by atoms with Gasteiger partial charge in [0.15, 0.2) is 0 Å². The van der Waals surface area contributed by atoms with E-state index in [1.54, 1.807) is 31.2 Å². The number of aromatic nitrogens is 2.